The Bertz CT molecular complexity index is 1200. The quantitative estimate of drug-likeness (QED) is 0.501. The summed E-state index contributed by atoms with van der Waals surface area (Å²) in [5.74, 6) is 0.0629. The van der Waals surface area contributed by atoms with Crippen LogP contribution >= 0.6 is 0 Å². The molecular weight excluding hydrogens is 372 g/mol. The molecule has 1 aliphatic rings. The Morgan fingerprint density at radius 2 is 1.80 bits per heavy atom. The van der Waals surface area contributed by atoms with Crippen LogP contribution in [-0.2, 0) is 24.3 Å². The van der Waals surface area contributed by atoms with Gasteiger partial charge in [-0.1, -0.05) is 71.4 Å². The van der Waals surface area contributed by atoms with Gasteiger partial charge in [-0.2, -0.15) is 0 Å². The molecule has 4 aromatic rings. The number of carbonyl (C=O) groups excluding carboxylic acids is 1. The first-order valence-corrected chi connectivity index (χ1v) is 10.4. The smallest absolute Gasteiger partial charge is 0.245 e. The van der Waals surface area contributed by atoms with Crippen LogP contribution in [0.1, 0.15) is 34.7 Å². The van der Waals surface area contributed by atoms with Crippen LogP contribution in [0, 0.1) is 6.92 Å². The molecule has 0 radical (unpaired) electrons. The summed E-state index contributed by atoms with van der Waals surface area (Å²) in [7, 11) is 0. The Labute approximate surface area is 175 Å². The summed E-state index contributed by atoms with van der Waals surface area (Å²) >= 11 is 0. The zero-order valence-corrected chi connectivity index (χ0v) is 17.0. The first-order chi connectivity index (χ1) is 14.7. The first-order valence-electron chi connectivity index (χ1n) is 10.4. The molecule has 0 fully saturated rings. The molecule has 1 heterocycles. The number of aryl methyl sites for hydroxylation is 2. The average molecular weight is 396 g/mol. The number of fused-ring (bicyclic) bond motifs is 2. The van der Waals surface area contributed by atoms with Crippen molar-refractivity contribution in [2.24, 2.45) is 0 Å². The van der Waals surface area contributed by atoms with E-state index in [1.54, 1.807) is 4.68 Å². The highest BCUT2D eigenvalue weighted by molar-refractivity contribution is 5.80. The van der Waals surface area contributed by atoms with Crippen molar-refractivity contribution in [2.45, 2.75) is 38.9 Å². The summed E-state index contributed by atoms with van der Waals surface area (Å²) in [6.07, 6.45) is 1.96. The third kappa shape index (κ3) is 3.47. The topological polar surface area (TPSA) is 51.0 Å². The van der Waals surface area contributed by atoms with Gasteiger partial charge in [-0.3, -0.25) is 4.79 Å². The number of hydrogen-bond acceptors (Lipinski definition) is 3. The molecule has 0 bridgehead atoms. The lowest BCUT2D eigenvalue weighted by atomic mass is 10.1. The molecule has 150 valence electrons. The monoisotopic (exact) mass is 396 g/mol. The molecule has 3 aromatic carbocycles. The second-order valence-corrected chi connectivity index (χ2v) is 8.00. The van der Waals surface area contributed by atoms with Crippen LogP contribution in [0.2, 0.25) is 0 Å². The molecule has 0 saturated heterocycles. The van der Waals surface area contributed by atoms with Crippen molar-refractivity contribution in [1.29, 1.82) is 0 Å². The van der Waals surface area contributed by atoms with Gasteiger partial charge in [0.25, 0.3) is 0 Å². The van der Waals surface area contributed by atoms with Crippen molar-refractivity contribution in [3.05, 3.63) is 95.1 Å². The van der Waals surface area contributed by atoms with E-state index in [9.17, 15) is 4.79 Å². The maximum Gasteiger partial charge on any atom is 0.245 e. The van der Waals surface area contributed by atoms with Gasteiger partial charge in [-0.05, 0) is 48.6 Å². The molecule has 0 spiro atoms. The Kier molecular flexibility index (Phi) is 4.79. The highest BCUT2D eigenvalue weighted by atomic mass is 16.2. The number of hydrogen-bond donors (Lipinski definition) is 0. The van der Waals surface area contributed by atoms with Crippen molar-refractivity contribution in [3.8, 4) is 0 Å². The molecule has 1 aliphatic carbocycles. The Hall–Kier alpha value is -3.47. The average Bonchev–Trinajstić information content (AvgIpc) is 3.38. The fourth-order valence-electron chi connectivity index (χ4n) is 4.37. The lowest BCUT2D eigenvalue weighted by Gasteiger charge is -2.30. The van der Waals surface area contributed by atoms with Crippen LogP contribution in [0.15, 0.2) is 72.8 Å². The zero-order valence-electron chi connectivity index (χ0n) is 17.0. The van der Waals surface area contributed by atoms with Gasteiger partial charge in [0.1, 0.15) is 12.1 Å². The number of rotatable bonds is 5. The van der Waals surface area contributed by atoms with Gasteiger partial charge in [0.15, 0.2) is 0 Å². The van der Waals surface area contributed by atoms with Crippen LogP contribution in [-0.4, -0.2) is 25.8 Å². The molecule has 0 N–H and O–H groups in total. The van der Waals surface area contributed by atoms with E-state index >= 15 is 0 Å². The molecule has 1 aromatic heterocycles. The van der Waals surface area contributed by atoms with E-state index in [2.05, 4.69) is 65.8 Å². The lowest BCUT2D eigenvalue weighted by Crippen LogP contribution is -2.36. The maximum absolute atomic E-state index is 13.6. The van der Waals surface area contributed by atoms with Gasteiger partial charge in [0, 0.05) is 6.54 Å². The molecule has 5 rings (SSSR count). The first kappa shape index (κ1) is 18.6. The fraction of sp³-hybridized carbons (Fsp3) is 0.240. The molecule has 30 heavy (non-hydrogen) atoms. The van der Waals surface area contributed by atoms with E-state index < -0.39 is 0 Å². The molecule has 0 saturated carbocycles. The number of amides is 1. The number of nitrogens with zero attached hydrogens (tertiary/aromatic N) is 4. The molecule has 5 heteroatoms. The highest BCUT2D eigenvalue weighted by Crippen LogP contribution is 2.36. The number of benzene rings is 3. The second-order valence-electron chi connectivity index (χ2n) is 8.00. The summed E-state index contributed by atoms with van der Waals surface area (Å²) in [4.78, 5) is 15.6. The number of carbonyl (C=O) groups is 1. The highest BCUT2D eigenvalue weighted by Gasteiger charge is 2.31. The summed E-state index contributed by atoms with van der Waals surface area (Å²) in [6.45, 7) is 2.85. The summed E-state index contributed by atoms with van der Waals surface area (Å²) < 4.78 is 1.71. The summed E-state index contributed by atoms with van der Waals surface area (Å²) in [5, 5.41) is 8.43. The van der Waals surface area contributed by atoms with Crippen molar-refractivity contribution in [2.75, 3.05) is 0 Å². The molecule has 1 amide bonds. The molecule has 1 unspecified atom stereocenters. The van der Waals surface area contributed by atoms with Crippen molar-refractivity contribution in [1.82, 2.24) is 19.9 Å². The number of para-hydroxylation sites is 1. The van der Waals surface area contributed by atoms with Gasteiger partial charge in [0.05, 0.1) is 11.6 Å². The molecule has 0 aliphatic heterocycles. The normalized spacial score (nSPS) is 15.3. The number of aromatic nitrogens is 3. The molecule has 1 atom stereocenters. The molecule has 5 nitrogen and oxygen atoms in total. The third-order valence-electron chi connectivity index (χ3n) is 5.98. The van der Waals surface area contributed by atoms with Gasteiger partial charge in [0.2, 0.25) is 5.91 Å². The third-order valence-corrected chi connectivity index (χ3v) is 5.98. The van der Waals surface area contributed by atoms with Gasteiger partial charge in [-0.25, -0.2) is 4.68 Å². The van der Waals surface area contributed by atoms with E-state index in [1.807, 2.05) is 29.2 Å². The Balaban J connectivity index is 1.47. The van der Waals surface area contributed by atoms with E-state index in [-0.39, 0.29) is 18.5 Å². The Morgan fingerprint density at radius 3 is 2.67 bits per heavy atom. The summed E-state index contributed by atoms with van der Waals surface area (Å²) in [5.41, 5.74) is 6.66. The van der Waals surface area contributed by atoms with Crippen molar-refractivity contribution >= 4 is 16.9 Å². The lowest BCUT2D eigenvalue weighted by molar-refractivity contribution is -0.135. The minimum Gasteiger partial charge on any atom is -0.330 e. The summed E-state index contributed by atoms with van der Waals surface area (Å²) in [6, 6.07) is 24.8. The van der Waals surface area contributed by atoms with Gasteiger partial charge in [-0.15, -0.1) is 5.10 Å². The van der Waals surface area contributed by atoms with Crippen molar-refractivity contribution < 1.29 is 4.79 Å². The second kappa shape index (κ2) is 7.75. The SMILES string of the molecule is Cc1ccc(CN(C(=O)Cn2nnc3ccccc32)C2CCc3ccccc32)cc1. The largest absolute Gasteiger partial charge is 0.330 e. The van der Waals surface area contributed by atoms with Crippen LogP contribution in [0.4, 0.5) is 0 Å². The van der Waals surface area contributed by atoms with Crippen LogP contribution in [0.25, 0.3) is 11.0 Å². The van der Waals surface area contributed by atoms with Crippen LogP contribution in [0.3, 0.4) is 0 Å². The predicted molar refractivity (Wildman–Crippen MR) is 117 cm³/mol. The van der Waals surface area contributed by atoms with E-state index in [0.29, 0.717) is 6.54 Å². The van der Waals surface area contributed by atoms with Crippen LogP contribution < -0.4 is 0 Å². The van der Waals surface area contributed by atoms with E-state index in [0.717, 1.165) is 29.4 Å². The van der Waals surface area contributed by atoms with Crippen LogP contribution in [0.5, 0.6) is 0 Å². The van der Waals surface area contributed by atoms with Gasteiger partial charge >= 0.3 is 0 Å². The van der Waals surface area contributed by atoms with Gasteiger partial charge < -0.3 is 4.90 Å². The Morgan fingerprint density at radius 1 is 1.03 bits per heavy atom. The predicted octanol–water partition coefficient (Wildman–Crippen LogP) is 4.46. The van der Waals surface area contributed by atoms with E-state index in [4.69, 9.17) is 0 Å². The fourth-order valence-corrected chi connectivity index (χ4v) is 4.37. The standard InChI is InChI=1S/C25H24N4O/c1-18-10-12-19(13-11-18)16-28(23-15-14-20-6-2-3-7-21(20)23)25(30)17-29-24-9-5-4-8-22(24)26-27-29/h2-13,23H,14-17H2,1H3. The van der Waals surface area contributed by atoms with Crippen molar-refractivity contribution in [3.63, 3.8) is 0 Å². The minimum absolute atomic E-state index is 0.0629. The minimum atomic E-state index is 0.0629. The van der Waals surface area contributed by atoms with E-state index in [1.165, 1.54) is 16.7 Å². The zero-order chi connectivity index (χ0) is 20.5. The molecular formula is C25H24N4O. The maximum atomic E-state index is 13.6.